The fourth-order valence-electron chi connectivity index (χ4n) is 0.313. The normalized spacial score (nSPS) is 17.1. The van der Waals surface area contributed by atoms with Crippen molar-refractivity contribution in [2.24, 2.45) is 4.36 Å². The zero-order valence-electron chi connectivity index (χ0n) is 6.71. The topological polar surface area (TPSA) is 53.2 Å². The standard InChI is InChI=1S/C6H12N2OS/c1-6(2,5-7)10(4,9)8-3/h1-4H3. The third kappa shape index (κ3) is 1.48. The van der Waals surface area contributed by atoms with Crippen molar-refractivity contribution in [3.8, 4) is 6.07 Å². The van der Waals surface area contributed by atoms with Gasteiger partial charge in [0.2, 0.25) is 0 Å². The molecule has 0 aliphatic rings. The smallest absolute Gasteiger partial charge is 0.134 e. The van der Waals surface area contributed by atoms with Crippen LogP contribution < -0.4 is 0 Å². The van der Waals surface area contributed by atoms with E-state index in [1.807, 2.05) is 6.07 Å². The second kappa shape index (κ2) is 2.59. The molecule has 0 heterocycles. The first-order valence-electron chi connectivity index (χ1n) is 2.88. The quantitative estimate of drug-likeness (QED) is 0.575. The fourth-order valence-corrected chi connectivity index (χ4v) is 0.939. The summed E-state index contributed by atoms with van der Waals surface area (Å²) in [7, 11) is -0.860. The highest BCUT2D eigenvalue weighted by Gasteiger charge is 2.26. The highest BCUT2D eigenvalue weighted by atomic mass is 32.2. The van der Waals surface area contributed by atoms with Crippen molar-refractivity contribution >= 4 is 9.73 Å². The molecule has 0 aliphatic heterocycles. The predicted octanol–water partition coefficient (Wildman–Crippen LogP) is 1.02. The van der Waals surface area contributed by atoms with Gasteiger partial charge in [0.15, 0.2) is 0 Å². The van der Waals surface area contributed by atoms with Crippen LogP contribution in [0, 0.1) is 11.3 Å². The van der Waals surface area contributed by atoms with Crippen molar-refractivity contribution in [3.05, 3.63) is 0 Å². The first-order chi connectivity index (χ1) is 4.37. The van der Waals surface area contributed by atoms with Crippen LogP contribution in [0.5, 0.6) is 0 Å². The summed E-state index contributed by atoms with van der Waals surface area (Å²) in [4.78, 5) is 0. The number of nitrogens with zero attached hydrogens (tertiary/aromatic N) is 2. The summed E-state index contributed by atoms with van der Waals surface area (Å²) in [6.45, 7) is 3.25. The van der Waals surface area contributed by atoms with Crippen molar-refractivity contribution in [2.45, 2.75) is 18.6 Å². The molecular weight excluding hydrogens is 148 g/mol. The van der Waals surface area contributed by atoms with E-state index in [0.717, 1.165) is 0 Å². The Hall–Kier alpha value is -0.560. The lowest BCUT2D eigenvalue weighted by Crippen LogP contribution is -2.28. The lowest BCUT2D eigenvalue weighted by molar-refractivity contribution is 0.661. The molecule has 0 spiro atoms. The largest absolute Gasteiger partial charge is 0.248 e. The summed E-state index contributed by atoms with van der Waals surface area (Å²) in [6, 6.07) is 1.96. The Morgan fingerprint density at radius 2 is 2.00 bits per heavy atom. The second-order valence-corrected chi connectivity index (χ2v) is 5.60. The maximum atomic E-state index is 11.4. The van der Waals surface area contributed by atoms with Crippen LogP contribution in [0.3, 0.4) is 0 Å². The second-order valence-electron chi connectivity index (χ2n) is 2.61. The average Bonchev–Trinajstić information content (AvgIpc) is 1.88. The zero-order chi connectivity index (χ0) is 8.41. The molecular formula is C6H12N2OS. The van der Waals surface area contributed by atoms with E-state index < -0.39 is 14.5 Å². The molecule has 1 unspecified atom stereocenters. The van der Waals surface area contributed by atoms with E-state index in [1.165, 1.54) is 13.3 Å². The van der Waals surface area contributed by atoms with Crippen molar-refractivity contribution in [3.63, 3.8) is 0 Å². The van der Waals surface area contributed by atoms with Gasteiger partial charge in [0.05, 0.1) is 15.8 Å². The van der Waals surface area contributed by atoms with Crippen LogP contribution in [0.2, 0.25) is 0 Å². The summed E-state index contributed by atoms with van der Waals surface area (Å²) >= 11 is 0. The molecule has 0 amide bonds. The van der Waals surface area contributed by atoms with E-state index in [2.05, 4.69) is 4.36 Å². The number of rotatable bonds is 1. The molecule has 0 aliphatic carbocycles. The first kappa shape index (κ1) is 9.44. The summed E-state index contributed by atoms with van der Waals surface area (Å²) in [5.41, 5.74) is 0. The maximum Gasteiger partial charge on any atom is 0.134 e. The minimum absolute atomic E-state index is 0.845. The van der Waals surface area contributed by atoms with Crippen LogP contribution in [0.25, 0.3) is 0 Å². The van der Waals surface area contributed by atoms with Gasteiger partial charge in [0.25, 0.3) is 0 Å². The molecule has 0 aromatic heterocycles. The monoisotopic (exact) mass is 160 g/mol. The summed E-state index contributed by atoms with van der Waals surface area (Å²) in [5, 5.41) is 8.57. The van der Waals surface area contributed by atoms with E-state index in [9.17, 15) is 4.21 Å². The molecule has 1 atom stereocenters. The summed E-state index contributed by atoms with van der Waals surface area (Å²) in [5.74, 6) is 0. The average molecular weight is 160 g/mol. The van der Waals surface area contributed by atoms with Crippen LogP contribution >= 0.6 is 0 Å². The van der Waals surface area contributed by atoms with Gasteiger partial charge in [-0.15, -0.1) is 0 Å². The Morgan fingerprint density at radius 3 is 2.10 bits per heavy atom. The number of hydrogen-bond acceptors (Lipinski definition) is 3. The van der Waals surface area contributed by atoms with Crippen LogP contribution in [-0.2, 0) is 9.73 Å². The van der Waals surface area contributed by atoms with Gasteiger partial charge < -0.3 is 0 Å². The van der Waals surface area contributed by atoms with Gasteiger partial charge in [-0.05, 0) is 13.8 Å². The molecule has 0 N–H and O–H groups in total. The minimum Gasteiger partial charge on any atom is -0.248 e. The Balaban J connectivity index is 5.09. The predicted molar refractivity (Wildman–Crippen MR) is 42.1 cm³/mol. The molecule has 0 rings (SSSR count). The Kier molecular flexibility index (Phi) is 2.44. The van der Waals surface area contributed by atoms with Crippen molar-refractivity contribution in [1.29, 1.82) is 5.26 Å². The lowest BCUT2D eigenvalue weighted by Gasteiger charge is -2.16. The van der Waals surface area contributed by atoms with Crippen LogP contribution in [0.15, 0.2) is 4.36 Å². The van der Waals surface area contributed by atoms with Gasteiger partial charge in [-0.2, -0.15) is 5.26 Å². The van der Waals surface area contributed by atoms with Gasteiger partial charge in [-0.3, -0.25) is 0 Å². The maximum absolute atomic E-state index is 11.4. The van der Waals surface area contributed by atoms with Crippen LogP contribution in [-0.4, -0.2) is 22.3 Å². The van der Waals surface area contributed by atoms with E-state index in [1.54, 1.807) is 13.8 Å². The van der Waals surface area contributed by atoms with E-state index in [-0.39, 0.29) is 0 Å². The van der Waals surface area contributed by atoms with Gasteiger partial charge in [0, 0.05) is 13.3 Å². The first-order valence-corrected chi connectivity index (χ1v) is 4.81. The zero-order valence-corrected chi connectivity index (χ0v) is 7.53. The van der Waals surface area contributed by atoms with Crippen molar-refractivity contribution in [2.75, 3.05) is 13.3 Å². The molecule has 0 saturated heterocycles. The highest BCUT2D eigenvalue weighted by Crippen LogP contribution is 2.15. The third-order valence-corrected chi connectivity index (χ3v) is 4.25. The van der Waals surface area contributed by atoms with Crippen molar-refractivity contribution < 1.29 is 4.21 Å². The van der Waals surface area contributed by atoms with E-state index >= 15 is 0 Å². The summed E-state index contributed by atoms with van der Waals surface area (Å²) < 4.78 is 14.2. The van der Waals surface area contributed by atoms with E-state index in [0.29, 0.717) is 0 Å². The van der Waals surface area contributed by atoms with Gasteiger partial charge in [-0.25, -0.2) is 8.57 Å². The van der Waals surface area contributed by atoms with Gasteiger partial charge in [0.1, 0.15) is 4.75 Å². The van der Waals surface area contributed by atoms with Crippen molar-refractivity contribution in [1.82, 2.24) is 0 Å². The molecule has 0 aromatic carbocycles. The Labute approximate surface area is 62.2 Å². The lowest BCUT2D eigenvalue weighted by atomic mass is 10.2. The fraction of sp³-hybridized carbons (Fsp3) is 0.833. The molecule has 3 nitrogen and oxygen atoms in total. The highest BCUT2D eigenvalue weighted by molar-refractivity contribution is 7.94. The molecule has 0 saturated carbocycles. The molecule has 0 aromatic rings. The van der Waals surface area contributed by atoms with Gasteiger partial charge >= 0.3 is 0 Å². The molecule has 0 fully saturated rings. The Bertz CT molecular complexity index is 266. The number of nitriles is 1. The van der Waals surface area contributed by atoms with Crippen LogP contribution in [0.1, 0.15) is 13.8 Å². The third-order valence-electron chi connectivity index (χ3n) is 1.56. The van der Waals surface area contributed by atoms with E-state index in [4.69, 9.17) is 5.26 Å². The minimum atomic E-state index is -2.33. The SMILES string of the molecule is CN=S(C)(=O)C(C)(C)C#N. The van der Waals surface area contributed by atoms with Crippen LogP contribution in [0.4, 0.5) is 0 Å². The van der Waals surface area contributed by atoms with Gasteiger partial charge in [-0.1, -0.05) is 0 Å². The number of hydrogen-bond donors (Lipinski definition) is 0. The molecule has 58 valence electrons. The Morgan fingerprint density at radius 1 is 1.60 bits per heavy atom. The molecule has 0 radical (unpaired) electrons. The summed E-state index contributed by atoms with van der Waals surface area (Å²) in [6.07, 6.45) is 1.50. The molecule has 4 heteroatoms. The molecule has 10 heavy (non-hydrogen) atoms. The molecule has 0 bridgehead atoms.